The van der Waals surface area contributed by atoms with Gasteiger partial charge in [0.1, 0.15) is 23.2 Å². The topological polar surface area (TPSA) is 124 Å². The van der Waals surface area contributed by atoms with E-state index >= 15 is 0 Å². The highest BCUT2D eigenvalue weighted by Gasteiger charge is 2.16. The Bertz CT molecular complexity index is 1290. The number of hydrogen-bond acceptors (Lipinski definition) is 5. The molecule has 0 saturated carbocycles. The van der Waals surface area contributed by atoms with E-state index in [1.54, 1.807) is 12.1 Å². The van der Waals surface area contributed by atoms with Crippen LogP contribution < -0.4 is 16.0 Å². The molecular weight excluding hydrogens is 491 g/mol. The second-order valence-electron chi connectivity index (χ2n) is 7.37. The molecule has 178 valence electrons. The number of benzene rings is 2. The first-order valence-corrected chi connectivity index (χ1v) is 11.1. The summed E-state index contributed by atoms with van der Waals surface area (Å²) in [4.78, 5) is 36.7. The quantitative estimate of drug-likeness (QED) is 0.243. The molecule has 0 aliphatic carbocycles. The zero-order valence-corrected chi connectivity index (χ0v) is 20.0. The Kier molecular flexibility index (Phi) is 8.68. The van der Waals surface area contributed by atoms with E-state index in [1.165, 1.54) is 24.3 Å². The summed E-state index contributed by atoms with van der Waals surface area (Å²) in [5, 5.41) is 17.6. The third-order valence-electron chi connectivity index (χ3n) is 4.73. The van der Waals surface area contributed by atoms with Gasteiger partial charge in [-0.1, -0.05) is 53.5 Å². The van der Waals surface area contributed by atoms with Crippen molar-refractivity contribution in [1.29, 1.82) is 5.26 Å². The second kappa shape index (κ2) is 11.9. The van der Waals surface area contributed by atoms with Crippen LogP contribution in [0.1, 0.15) is 30.0 Å². The Hall–Kier alpha value is -4.06. The molecule has 8 nitrogen and oxygen atoms in total. The van der Waals surface area contributed by atoms with E-state index in [4.69, 9.17) is 27.6 Å². The summed E-state index contributed by atoms with van der Waals surface area (Å²) in [7, 11) is 0. The van der Waals surface area contributed by atoms with Gasteiger partial charge in [0, 0.05) is 21.8 Å². The van der Waals surface area contributed by atoms with Crippen LogP contribution in [0.15, 0.2) is 70.7 Å². The van der Waals surface area contributed by atoms with Gasteiger partial charge in [0.15, 0.2) is 0 Å². The van der Waals surface area contributed by atoms with Crippen LogP contribution >= 0.6 is 23.2 Å². The van der Waals surface area contributed by atoms with Crippen LogP contribution in [0.4, 0.5) is 5.69 Å². The first-order valence-electron chi connectivity index (χ1n) is 10.4. The van der Waals surface area contributed by atoms with Crippen LogP contribution in [0.3, 0.4) is 0 Å². The maximum absolute atomic E-state index is 12.5. The van der Waals surface area contributed by atoms with Gasteiger partial charge < -0.3 is 20.4 Å². The summed E-state index contributed by atoms with van der Waals surface area (Å²) in [6, 6.07) is 18.4. The van der Waals surface area contributed by atoms with Crippen LogP contribution in [0.25, 0.3) is 6.08 Å². The number of nitrogens with zero attached hydrogens (tertiary/aromatic N) is 1. The van der Waals surface area contributed by atoms with Gasteiger partial charge in [-0.25, -0.2) is 0 Å². The molecule has 1 atom stereocenters. The number of rotatable bonds is 7. The standard InChI is InChI=1S/C25H20Cl2N4O4/c1-15(16-5-3-2-4-6-16)30-23(32)17(13-28)9-21-7-8-22(35-21)14-29-24(33)25(34)31-20-11-18(26)10-19(27)12-20/h2-12,15H,14H2,1H3,(H,29,33)(H,30,32)(H,31,34)/b17-9-/t15-/m0/s1. The van der Waals surface area contributed by atoms with E-state index in [0.717, 1.165) is 5.56 Å². The number of nitriles is 1. The maximum atomic E-state index is 12.5. The number of hydrogen-bond donors (Lipinski definition) is 3. The highest BCUT2D eigenvalue weighted by atomic mass is 35.5. The zero-order chi connectivity index (χ0) is 25.4. The molecule has 0 saturated heterocycles. The van der Waals surface area contributed by atoms with Gasteiger partial charge in [-0.15, -0.1) is 0 Å². The average Bonchev–Trinajstić information content (AvgIpc) is 3.28. The van der Waals surface area contributed by atoms with Crippen molar-refractivity contribution in [2.24, 2.45) is 0 Å². The second-order valence-corrected chi connectivity index (χ2v) is 8.25. The number of nitrogens with one attached hydrogen (secondary N) is 3. The molecule has 3 aromatic rings. The smallest absolute Gasteiger partial charge is 0.313 e. The molecule has 0 aliphatic rings. The molecule has 3 N–H and O–H groups in total. The zero-order valence-electron chi connectivity index (χ0n) is 18.5. The molecule has 3 amide bonds. The van der Waals surface area contributed by atoms with Crippen molar-refractivity contribution < 1.29 is 18.8 Å². The Morgan fingerprint density at radius 3 is 2.34 bits per heavy atom. The van der Waals surface area contributed by atoms with Gasteiger partial charge >= 0.3 is 11.8 Å². The number of furan rings is 1. The lowest BCUT2D eigenvalue weighted by Gasteiger charge is -2.13. The Morgan fingerprint density at radius 2 is 1.69 bits per heavy atom. The third-order valence-corrected chi connectivity index (χ3v) is 5.17. The molecule has 1 aromatic heterocycles. The molecule has 1 heterocycles. The molecule has 3 rings (SSSR count). The van der Waals surface area contributed by atoms with Crippen LogP contribution in [-0.4, -0.2) is 17.7 Å². The highest BCUT2D eigenvalue weighted by Crippen LogP contribution is 2.22. The predicted octanol–water partition coefficient (Wildman–Crippen LogP) is 4.63. The van der Waals surface area contributed by atoms with Gasteiger partial charge in [-0.05, 0) is 42.8 Å². The minimum absolute atomic E-state index is 0.0878. The normalized spacial score (nSPS) is 11.8. The van der Waals surface area contributed by atoms with E-state index in [9.17, 15) is 19.6 Å². The molecule has 10 heteroatoms. The lowest BCUT2D eigenvalue weighted by molar-refractivity contribution is -0.136. The van der Waals surface area contributed by atoms with Gasteiger partial charge in [0.05, 0.1) is 12.6 Å². The van der Waals surface area contributed by atoms with Crippen LogP contribution in [0, 0.1) is 11.3 Å². The summed E-state index contributed by atoms with van der Waals surface area (Å²) in [6.07, 6.45) is 1.30. The summed E-state index contributed by atoms with van der Waals surface area (Å²) in [6.45, 7) is 1.72. The fourth-order valence-electron chi connectivity index (χ4n) is 3.02. The molecule has 0 unspecified atom stereocenters. The van der Waals surface area contributed by atoms with Crippen molar-refractivity contribution in [3.63, 3.8) is 0 Å². The molecule has 0 radical (unpaired) electrons. The number of halogens is 2. The monoisotopic (exact) mass is 510 g/mol. The summed E-state index contributed by atoms with van der Waals surface area (Å²) in [5.74, 6) is -1.80. The van der Waals surface area contributed by atoms with Crippen molar-refractivity contribution >= 4 is 52.7 Å². The van der Waals surface area contributed by atoms with Gasteiger partial charge in [-0.2, -0.15) is 5.26 Å². The molecule has 0 aliphatic heterocycles. The Balaban J connectivity index is 1.56. The summed E-state index contributed by atoms with van der Waals surface area (Å²) >= 11 is 11.8. The van der Waals surface area contributed by atoms with E-state index in [0.29, 0.717) is 15.8 Å². The molecule has 0 bridgehead atoms. The van der Waals surface area contributed by atoms with Crippen LogP contribution in [-0.2, 0) is 20.9 Å². The van der Waals surface area contributed by atoms with E-state index in [1.807, 2.05) is 43.3 Å². The van der Waals surface area contributed by atoms with Crippen molar-refractivity contribution in [3.8, 4) is 6.07 Å². The van der Waals surface area contributed by atoms with E-state index in [-0.39, 0.29) is 29.6 Å². The number of carbonyl (C=O) groups is 3. The van der Waals surface area contributed by atoms with Crippen molar-refractivity contribution in [2.45, 2.75) is 19.5 Å². The summed E-state index contributed by atoms with van der Waals surface area (Å²) < 4.78 is 5.55. The van der Waals surface area contributed by atoms with Crippen molar-refractivity contribution in [2.75, 3.05) is 5.32 Å². The van der Waals surface area contributed by atoms with Gasteiger partial charge in [0.25, 0.3) is 5.91 Å². The minimum Gasteiger partial charge on any atom is -0.460 e. The minimum atomic E-state index is -0.911. The van der Waals surface area contributed by atoms with Gasteiger partial charge in [-0.3, -0.25) is 14.4 Å². The van der Waals surface area contributed by atoms with Crippen LogP contribution in [0.5, 0.6) is 0 Å². The lowest BCUT2D eigenvalue weighted by atomic mass is 10.1. The summed E-state index contributed by atoms with van der Waals surface area (Å²) in [5.41, 5.74) is 1.03. The average molecular weight is 511 g/mol. The fourth-order valence-corrected chi connectivity index (χ4v) is 3.54. The lowest BCUT2D eigenvalue weighted by Crippen LogP contribution is -2.34. The first-order chi connectivity index (χ1) is 16.7. The number of carbonyl (C=O) groups excluding carboxylic acids is 3. The fraction of sp³-hybridized carbons (Fsp3) is 0.120. The number of anilines is 1. The third kappa shape index (κ3) is 7.47. The predicted molar refractivity (Wildman–Crippen MR) is 132 cm³/mol. The van der Waals surface area contributed by atoms with Gasteiger partial charge in [0.2, 0.25) is 0 Å². The van der Waals surface area contributed by atoms with Crippen LogP contribution in [0.2, 0.25) is 10.0 Å². The Morgan fingerprint density at radius 1 is 1.00 bits per heavy atom. The molecule has 35 heavy (non-hydrogen) atoms. The molecular formula is C25H20Cl2N4O4. The Labute approximate surface area is 211 Å². The largest absolute Gasteiger partial charge is 0.460 e. The van der Waals surface area contributed by atoms with E-state index in [2.05, 4.69) is 16.0 Å². The number of amides is 3. The molecule has 0 fully saturated rings. The van der Waals surface area contributed by atoms with Crippen molar-refractivity contribution in [1.82, 2.24) is 10.6 Å². The molecule has 2 aromatic carbocycles. The van der Waals surface area contributed by atoms with Crippen molar-refractivity contribution in [3.05, 3.63) is 93.4 Å². The van der Waals surface area contributed by atoms with E-state index < -0.39 is 17.7 Å². The highest BCUT2D eigenvalue weighted by molar-refractivity contribution is 6.40. The molecule has 0 spiro atoms. The maximum Gasteiger partial charge on any atom is 0.313 e. The SMILES string of the molecule is C[C@H](NC(=O)/C(C#N)=C\c1ccc(CNC(=O)C(=O)Nc2cc(Cl)cc(Cl)c2)o1)c1ccccc1. The first kappa shape index (κ1) is 25.6.